The largest absolute Gasteiger partial charge is 0.426 e. The lowest BCUT2D eigenvalue weighted by Crippen LogP contribution is -2.19. The van der Waals surface area contributed by atoms with Crippen molar-refractivity contribution < 1.29 is 9.53 Å². The molecule has 0 saturated carbocycles. The topological polar surface area (TPSA) is 26.3 Å². The Hall–Kier alpha value is -0.540. The van der Waals surface area contributed by atoms with Crippen molar-refractivity contribution in [2.45, 2.75) is 18.2 Å². The molecule has 0 saturated heterocycles. The number of hydrogen-bond acceptors (Lipinski definition) is 2. The Kier molecular flexibility index (Phi) is 4.42. The third-order valence-corrected chi connectivity index (χ3v) is 2.89. The van der Waals surface area contributed by atoms with Crippen molar-refractivity contribution in [1.29, 1.82) is 0 Å². The minimum atomic E-state index is -0.297. The van der Waals surface area contributed by atoms with Gasteiger partial charge in [0.05, 0.1) is 0 Å². The molecule has 0 fully saturated rings. The first-order valence-corrected chi connectivity index (χ1v) is 5.54. The van der Waals surface area contributed by atoms with Crippen LogP contribution in [0, 0.1) is 0 Å². The predicted octanol–water partition coefficient (Wildman–Crippen LogP) is 3.42. The maximum atomic E-state index is 11.3. The molecule has 0 bridgehead atoms. The Morgan fingerprint density at radius 2 is 2.36 bits per heavy atom. The van der Waals surface area contributed by atoms with Crippen molar-refractivity contribution >= 4 is 33.5 Å². The number of rotatable bonds is 3. The number of carbonyl (C=O) groups is 1. The summed E-state index contributed by atoms with van der Waals surface area (Å²) in [5.41, 5.74) is 0. The molecule has 4 heteroatoms. The molecule has 0 aliphatic rings. The average molecular weight is 278 g/mol. The minimum absolute atomic E-state index is 0.263. The first-order chi connectivity index (χ1) is 6.63. The van der Waals surface area contributed by atoms with E-state index in [0.29, 0.717) is 17.2 Å². The van der Waals surface area contributed by atoms with Gasteiger partial charge in [-0.05, 0) is 24.6 Å². The third kappa shape index (κ3) is 3.31. The molecule has 1 unspecified atom stereocenters. The number of carbonyl (C=O) groups excluding carboxylic acids is 1. The van der Waals surface area contributed by atoms with Gasteiger partial charge in [-0.2, -0.15) is 0 Å². The maximum Gasteiger partial charge on any atom is 0.325 e. The van der Waals surface area contributed by atoms with Crippen LogP contribution in [-0.2, 0) is 4.79 Å². The van der Waals surface area contributed by atoms with E-state index in [4.69, 9.17) is 16.3 Å². The minimum Gasteiger partial charge on any atom is -0.426 e. The monoisotopic (exact) mass is 276 g/mol. The molecule has 0 radical (unpaired) electrons. The third-order valence-electron chi connectivity index (χ3n) is 1.63. The van der Waals surface area contributed by atoms with Gasteiger partial charge in [0.1, 0.15) is 10.6 Å². The number of hydrogen-bond donors (Lipinski definition) is 0. The summed E-state index contributed by atoms with van der Waals surface area (Å²) in [7, 11) is 0. The highest BCUT2D eigenvalue weighted by atomic mass is 79.9. The zero-order valence-corrected chi connectivity index (χ0v) is 10.0. The highest BCUT2D eigenvalue weighted by molar-refractivity contribution is 9.10. The standard InChI is InChI=1S/C10H10BrClO2/c1-2-9(11)10(13)14-8-5-3-4-7(12)6-8/h3-6,9H,2H2,1H3. The van der Waals surface area contributed by atoms with Gasteiger partial charge in [0, 0.05) is 5.02 Å². The molecule has 1 aromatic carbocycles. The zero-order valence-electron chi connectivity index (χ0n) is 7.67. The summed E-state index contributed by atoms with van der Waals surface area (Å²) in [5, 5.41) is 0.554. The van der Waals surface area contributed by atoms with Gasteiger partial charge in [-0.3, -0.25) is 4.79 Å². The van der Waals surface area contributed by atoms with E-state index in [1.54, 1.807) is 24.3 Å². The SMILES string of the molecule is CCC(Br)C(=O)Oc1cccc(Cl)c1. The van der Waals surface area contributed by atoms with E-state index in [1.165, 1.54) is 0 Å². The fourth-order valence-electron chi connectivity index (χ4n) is 0.877. The quantitative estimate of drug-likeness (QED) is 0.481. The molecule has 0 aliphatic carbocycles. The Labute approximate surface area is 96.3 Å². The van der Waals surface area contributed by atoms with Crippen molar-refractivity contribution in [3.63, 3.8) is 0 Å². The molecule has 0 aromatic heterocycles. The molecule has 76 valence electrons. The molecule has 1 rings (SSSR count). The van der Waals surface area contributed by atoms with Crippen molar-refractivity contribution in [2.24, 2.45) is 0 Å². The lowest BCUT2D eigenvalue weighted by Gasteiger charge is -2.07. The van der Waals surface area contributed by atoms with Gasteiger partial charge in [-0.25, -0.2) is 0 Å². The number of esters is 1. The lowest BCUT2D eigenvalue weighted by atomic mass is 10.3. The van der Waals surface area contributed by atoms with Crippen molar-refractivity contribution in [3.05, 3.63) is 29.3 Å². The molecule has 0 aliphatic heterocycles. The summed E-state index contributed by atoms with van der Waals surface area (Å²) in [4.78, 5) is 11.1. The molecule has 2 nitrogen and oxygen atoms in total. The van der Waals surface area contributed by atoms with Crippen LogP contribution in [0.2, 0.25) is 5.02 Å². The second-order valence-electron chi connectivity index (χ2n) is 2.75. The van der Waals surface area contributed by atoms with Crippen LogP contribution >= 0.6 is 27.5 Å². The van der Waals surface area contributed by atoms with Crippen molar-refractivity contribution in [3.8, 4) is 5.75 Å². The lowest BCUT2D eigenvalue weighted by molar-refractivity contribution is -0.133. The van der Waals surface area contributed by atoms with Crippen LogP contribution in [0.15, 0.2) is 24.3 Å². The normalized spacial score (nSPS) is 12.2. The molecular weight excluding hydrogens is 267 g/mol. The summed E-state index contributed by atoms with van der Waals surface area (Å²) in [6.07, 6.45) is 0.694. The van der Waals surface area contributed by atoms with Gasteiger partial charge >= 0.3 is 5.97 Å². The number of halogens is 2. The Morgan fingerprint density at radius 1 is 1.64 bits per heavy atom. The maximum absolute atomic E-state index is 11.3. The van der Waals surface area contributed by atoms with Gasteiger partial charge in [0.15, 0.2) is 0 Å². The number of alkyl halides is 1. The van der Waals surface area contributed by atoms with E-state index in [2.05, 4.69) is 15.9 Å². The van der Waals surface area contributed by atoms with Crippen LogP contribution in [0.3, 0.4) is 0 Å². The van der Waals surface area contributed by atoms with Crippen LogP contribution in [0.4, 0.5) is 0 Å². The van der Waals surface area contributed by atoms with Crippen LogP contribution < -0.4 is 4.74 Å². The number of benzene rings is 1. The van der Waals surface area contributed by atoms with Gasteiger partial charge in [-0.1, -0.05) is 40.5 Å². The first kappa shape index (κ1) is 11.5. The van der Waals surface area contributed by atoms with Crippen molar-refractivity contribution in [1.82, 2.24) is 0 Å². The highest BCUT2D eigenvalue weighted by Crippen LogP contribution is 2.18. The summed E-state index contributed by atoms with van der Waals surface area (Å²) in [5.74, 6) is 0.176. The van der Waals surface area contributed by atoms with E-state index < -0.39 is 0 Å². The Bertz CT molecular complexity index is 328. The van der Waals surface area contributed by atoms with Gasteiger partial charge < -0.3 is 4.74 Å². The molecule has 0 amide bonds. The molecule has 0 N–H and O–H groups in total. The summed E-state index contributed by atoms with van der Waals surface area (Å²) >= 11 is 8.95. The average Bonchev–Trinajstić information content (AvgIpc) is 2.16. The van der Waals surface area contributed by atoms with Crippen LogP contribution in [-0.4, -0.2) is 10.8 Å². The van der Waals surface area contributed by atoms with Gasteiger partial charge in [-0.15, -0.1) is 0 Å². The second kappa shape index (κ2) is 5.37. The molecule has 1 atom stereocenters. The van der Waals surface area contributed by atoms with Gasteiger partial charge in [0.2, 0.25) is 0 Å². The first-order valence-electron chi connectivity index (χ1n) is 4.24. The fraction of sp³-hybridized carbons (Fsp3) is 0.300. The summed E-state index contributed by atoms with van der Waals surface area (Å²) in [6, 6.07) is 6.76. The van der Waals surface area contributed by atoms with E-state index in [0.717, 1.165) is 0 Å². The zero-order chi connectivity index (χ0) is 10.6. The Balaban J connectivity index is 2.65. The van der Waals surface area contributed by atoms with Crippen molar-refractivity contribution in [2.75, 3.05) is 0 Å². The molecular formula is C10H10BrClO2. The second-order valence-corrected chi connectivity index (χ2v) is 4.30. The summed E-state index contributed by atoms with van der Waals surface area (Å²) in [6.45, 7) is 1.90. The van der Waals surface area contributed by atoms with E-state index >= 15 is 0 Å². The van der Waals surface area contributed by atoms with Crippen LogP contribution in [0.25, 0.3) is 0 Å². The van der Waals surface area contributed by atoms with Gasteiger partial charge in [0.25, 0.3) is 0 Å². The smallest absolute Gasteiger partial charge is 0.325 e. The molecule has 0 heterocycles. The number of ether oxygens (including phenoxy) is 1. The predicted molar refractivity (Wildman–Crippen MR) is 60.1 cm³/mol. The fourth-order valence-corrected chi connectivity index (χ4v) is 1.15. The Morgan fingerprint density at radius 3 is 2.93 bits per heavy atom. The highest BCUT2D eigenvalue weighted by Gasteiger charge is 2.14. The van der Waals surface area contributed by atoms with Crippen LogP contribution in [0.1, 0.15) is 13.3 Å². The molecule has 1 aromatic rings. The molecule has 0 spiro atoms. The van der Waals surface area contributed by atoms with E-state index in [1.807, 2.05) is 6.92 Å². The van der Waals surface area contributed by atoms with Crippen LogP contribution in [0.5, 0.6) is 5.75 Å². The molecule has 14 heavy (non-hydrogen) atoms. The summed E-state index contributed by atoms with van der Waals surface area (Å²) < 4.78 is 5.08. The van der Waals surface area contributed by atoms with E-state index in [-0.39, 0.29) is 10.8 Å². The van der Waals surface area contributed by atoms with E-state index in [9.17, 15) is 4.79 Å².